The zero-order valence-electron chi connectivity index (χ0n) is 18.4. The second-order valence-electron chi connectivity index (χ2n) is 8.75. The highest BCUT2D eigenvalue weighted by Crippen LogP contribution is 2.39. The minimum atomic E-state index is -1.95. The summed E-state index contributed by atoms with van der Waals surface area (Å²) in [6.45, 7) is 2.62. The van der Waals surface area contributed by atoms with Gasteiger partial charge in [-0.2, -0.15) is 0 Å². The fourth-order valence-corrected chi connectivity index (χ4v) is 4.64. The smallest absolute Gasteiger partial charge is 0.328 e. The minimum absolute atomic E-state index is 0.0317. The number of nitrogens with zero attached hydrogens (tertiary/aromatic N) is 2. The van der Waals surface area contributed by atoms with Gasteiger partial charge in [0.1, 0.15) is 11.3 Å². The van der Waals surface area contributed by atoms with Crippen molar-refractivity contribution in [3.63, 3.8) is 0 Å². The molecule has 0 spiro atoms. The Labute approximate surface area is 199 Å². The summed E-state index contributed by atoms with van der Waals surface area (Å²) in [5, 5.41) is 14.6. The molecule has 8 heteroatoms. The van der Waals surface area contributed by atoms with E-state index in [9.17, 15) is 14.7 Å². The van der Waals surface area contributed by atoms with E-state index in [-0.39, 0.29) is 17.0 Å². The normalized spacial score (nSPS) is 14.6. The standard InChI is InChI=1S/C26H20ClFN2O4/c1-26(2,28)24-22(23(29-34-24)14-8-10-17(27)11-9-14)25(33)30-13-16-7-6-15(12-20(31)32)18-4-3-5-19(30)21(16)18/h3-5,8-13H,6-7H2,1-2H3,(H,31,32)/b15-12+. The fourth-order valence-electron chi connectivity index (χ4n) is 4.52. The molecule has 0 amide bonds. The number of benzene rings is 2. The quantitative estimate of drug-likeness (QED) is 0.350. The van der Waals surface area contributed by atoms with Gasteiger partial charge in [0.2, 0.25) is 0 Å². The number of aliphatic carboxylic acids is 1. The Balaban J connectivity index is 1.72. The van der Waals surface area contributed by atoms with Crippen LogP contribution >= 0.6 is 11.6 Å². The van der Waals surface area contributed by atoms with E-state index in [0.29, 0.717) is 34.5 Å². The van der Waals surface area contributed by atoms with Crippen molar-refractivity contribution in [2.24, 2.45) is 0 Å². The van der Waals surface area contributed by atoms with E-state index in [1.165, 1.54) is 24.5 Å². The average molecular weight is 479 g/mol. The molecule has 2 heterocycles. The molecule has 6 nitrogen and oxygen atoms in total. The van der Waals surface area contributed by atoms with Crippen LogP contribution in [0.15, 0.2) is 59.3 Å². The third kappa shape index (κ3) is 3.62. The molecule has 172 valence electrons. The van der Waals surface area contributed by atoms with Gasteiger partial charge < -0.3 is 9.63 Å². The van der Waals surface area contributed by atoms with Crippen molar-refractivity contribution < 1.29 is 23.6 Å². The molecule has 4 aromatic rings. The Morgan fingerprint density at radius 2 is 1.91 bits per heavy atom. The van der Waals surface area contributed by atoms with Crippen molar-refractivity contribution in [3.8, 4) is 11.3 Å². The molecule has 0 saturated heterocycles. The van der Waals surface area contributed by atoms with E-state index in [0.717, 1.165) is 16.5 Å². The van der Waals surface area contributed by atoms with Gasteiger partial charge >= 0.3 is 5.97 Å². The number of aromatic nitrogens is 2. The first-order valence-corrected chi connectivity index (χ1v) is 11.1. The van der Waals surface area contributed by atoms with Crippen LogP contribution in [0.4, 0.5) is 4.39 Å². The van der Waals surface area contributed by atoms with Crippen LogP contribution in [0, 0.1) is 0 Å². The Bertz CT molecular complexity index is 1490. The lowest BCUT2D eigenvalue weighted by Gasteiger charge is -2.15. The molecule has 0 fully saturated rings. The highest BCUT2D eigenvalue weighted by molar-refractivity contribution is 6.30. The summed E-state index contributed by atoms with van der Waals surface area (Å²) in [5.41, 5.74) is 1.89. The predicted octanol–water partition coefficient (Wildman–Crippen LogP) is 6.26. The maximum absolute atomic E-state index is 15.1. The number of carboxylic acid groups (broad SMARTS) is 1. The van der Waals surface area contributed by atoms with Gasteiger partial charge in [0, 0.05) is 28.2 Å². The molecule has 0 saturated carbocycles. The van der Waals surface area contributed by atoms with E-state index < -0.39 is 17.5 Å². The van der Waals surface area contributed by atoms with Crippen LogP contribution in [0.5, 0.6) is 0 Å². The Morgan fingerprint density at radius 3 is 2.59 bits per heavy atom. The number of hydrogen-bond donors (Lipinski definition) is 1. The highest BCUT2D eigenvalue weighted by atomic mass is 35.5. The molecule has 1 aliphatic carbocycles. The van der Waals surface area contributed by atoms with E-state index in [1.807, 2.05) is 6.07 Å². The van der Waals surface area contributed by atoms with E-state index >= 15 is 4.39 Å². The molecular formula is C26H20ClFN2O4. The van der Waals surface area contributed by atoms with Gasteiger partial charge in [-0.25, -0.2) is 9.18 Å². The number of hydrogen-bond acceptors (Lipinski definition) is 4. The SMILES string of the molecule is CC(C)(F)c1onc(-c2ccc(Cl)cc2)c1C(=O)n1cc2c3c(cccc31)/C(=C/C(=O)O)CC2. The second-order valence-corrected chi connectivity index (χ2v) is 9.19. The lowest BCUT2D eigenvalue weighted by Crippen LogP contribution is -2.18. The summed E-state index contributed by atoms with van der Waals surface area (Å²) in [4.78, 5) is 25.2. The number of carboxylic acids is 1. The largest absolute Gasteiger partial charge is 0.478 e. The van der Waals surface area contributed by atoms with Crippen LogP contribution in [-0.4, -0.2) is 26.7 Å². The molecule has 1 aliphatic rings. The van der Waals surface area contributed by atoms with Gasteiger partial charge in [-0.15, -0.1) is 0 Å². The van der Waals surface area contributed by atoms with E-state index in [1.54, 1.807) is 42.6 Å². The minimum Gasteiger partial charge on any atom is -0.478 e. The number of carbonyl (C=O) groups is 2. The molecule has 0 aliphatic heterocycles. The number of alkyl halides is 1. The van der Waals surface area contributed by atoms with Crippen LogP contribution in [0.2, 0.25) is 5.02 Å². The molecular weight excluding hydrogens is 459 g/mol. The monoisotopic (exact) mass is 478 g/mol. The molecule has 34 heavy (non-hydrogen) atoms. The second kappa shape index (κ2) is 7.95. The van der Waals surface area contributed by atoms with Crippen molar-refractivity contribution in [1.29, 1.82) is 0 Å². The molecule has 0 bridgehead atoms. The van der Waals surface area contributed by atoms with Crippen LogP contribution in [0.25, 0.3) is 27.7 Å². The maximum Gasteiger partial charge on any atom is 0.328 e. The Morgan fingerprint density at radius 1 is 1.18 bits per heavy atom. The van der Waals surface area contributed by atoms with Crippen molar-refractivity contribution >= 4 is 40.0 Å². The average Bonchev–Trinajstić information content (AvgIpc) is 3.39. The van der Waals surface area contributed by atoms with Crippen molar-refractivity contribution in [2.75, 3.05) is 0 Å². The molecule has 2 aromatic heterocycles. The lowest BCUT2D eigenvalue weighted by atomic mass is 9.88. The molecule has 0 unspecified atom stereocenters. The first-order valence-electron chi connectivity index (χ1n) is 10.7. The Kier molecular flexibility index (Phi) is 5.17. The fraction of sp³-hybridized carbons (Fsp3) is 0.192. The van der Waals surface area contributed by atoms with Gasteiger partial charge in [-0.1, -0.05) is 41.0 Å². The topological polar surface area (TPSA) is 85.3 Å². The van der Waals surface area contributed by atoms with Crippen molar-refractivity contribution in [2.45, 2.75) is 32.4 Å². The summed E-state index contributed by atoms with van der Waals surface area (Å²) < 4.78 is 21.9. The molecule has 1 N–H and O–H groups in total. The summed E-state index contributed by atoms with van der Waals surface area (Å²) in [5.74, 6) is -1.66. The van der Waals surface area contributed by atoms with Crippen LogP contribution in [0.1, 0.15) is 47.5 Å². The predicted molar refractivity (Wildman–Crippen MR) is 127 cm³/mol. The number of allylic oxidation sites excluding steroid dienone is 1. The summed E-state index contributed by atoms with van der Waals surface area (Å²) in [7, 11) is 0. The molecule has 2 aromatic carbocycles. The van der Waals surface area contributed by atoms with E-state index in [4.69, 9.17) is 16.1 Å². The van der Waals surface area contributed by atoms with Crippen LogP contribution in [-0.2, 0) is 16.9 Å². The molecule has 0 radical (unpaired) electrons. The first kappa shape index (κ1) is 22.1. The van der Waals surface area contributed by atoms with E-state index in [2.05, 4.69) is 5.16 Å². The molecule has 0 atom stereocenters. The zero-order valence-corrected chi connectivity index (χ0v) is 19.2. The third-order valence-electron chi connectivity index (χ3n) is 6.00. The van der Waals surface area contributed by atoms with Gasteiger partial charge in [0.05, 0.1) is 5.52 Å². The summed E-state index contributed by atoms with van der Waals surface area (Å²) in [6, 6.07) is 12.1. The first-order chi connectivity index (χ1) is 16.1. The van der Waals surface area contributed by atoms with Crippen LogP contribution < -0.4 is 0 Å². The van der Waals surface area contributed by atoms with Crippen LogP contribution in [0.3, 0.4) is 0 Å². The van der Waals surface area contributed by atoms with Gasteiger partial charge in [-0.05, 0) is 61.6 Å². The van der Waals surface area contributed by atoms with Crippen molar-refractivity contribution in [3.05, 3.63) is 82.2 Å². The number of halogens is 2. The number of aryl methyl sites for hydroxylation is 1. The zero-order chi connectivity index (χ0) is 24.2. The summed E-state index contributed by atoms with van der Waals surface area (Å²) >= 11 is 6.01. The van der Waals surface area contributed by atoms with Gasteiger partial charge in [0.15, 0.2) is 11.4 Å². The lowest BCUT2D eigenvalue weighted by molar-refractivity contribution is -0.131. The van der Waals surface area contributed by atoms with Crippen molar-refractivity contribution in [1.82, 2.24) is 9.72 Å². The summed E-state index contributed by atoms with van der Waals surface area (Å²) in [6.07, 6.45) is 4.08. The highest BCUT2D eigenvalue weighted by Gasteiger charge is 2.36. The molecule has 5 rings (SSSR count). The third-order valence-corrected chi connectivity index (χ3v) is 6.25. The van der Waals surface area contributed by atoms with Gasteiger partial charge in [0.25, 0.3) is 5.91 Å². The number of rotatable bonds is 4. The van der Waals surface area contributed by atoms with Gasteiger partial charge in [-0.3, -0.25) is 9.36 Å². The maximum atomic E-state index is 15.1. The number of carbonyl (C=O) groups excluding carboxylic acids is 1. The Hall–Kier alpha value is -3.71.